The highest BCUT2D eigenvalue weighted by Crippen LogP contribution is 2.31. The predicted octanol–water partition coefficient (Wildman–Crippen LogP) is 5.93. The van der Waals surface area contributed by atoms with Crippen molar-refractivity contribution >= 4 is 23.3 Å². The van der Waals surface area contributed by atoms with Crippen LogP contribution >= 0.6 is 0 Å². The Kier molecular flexibility index (Phi) is 9.85. The Morgan fingerprint density at radius 2 is 1.47 bits per heavy atom. The Morgan fingerprint density at radius 1 is 0.814 bits per heavy atom. The van der Waals surface area contributed by atoms with Crippen LogP contribution in [0.15, 0.2) is 109 Å². The standard InChI is InChI=1S/C36H36N2O5/c1-42-36(41)33(37-32-15-9-8-14-31(32)34(39)28-12-6-3-7-13-28)24-26-16-20-30(21-17-26)43-23-22-38(35(40)29-18-19-29)25-27-10-4-2-5-11-27/h2-17,20-21,29,33,37H,18-19,22-25H2,1H3/t33-/m0/s1. The Labute approximate surface area is 252 Å². The molecule has 4 aromatic rings. The first kappa shape index (κ1) is 29.6. The third-order valence-corrected chi connectivity index (χ3v) is 7.47. The molecule has 1 atom stereocenters. The average molecular weight is 577 g/mol. The fourth-order valence-corrected chi connectivity index (χ4v) is 4.97. The van der Waals surface area contributed by atoms with Crippen LogP contribution in [-0.2, 0) is 27.3 Å². The summed E-state index contributed by atoms with van der Waals surface area (Å²) in [4.78, 5) is 40.7. The minimum Gasteiger partial charge on any atom is -0.492 e. The summed E-state index contributed by atoms with van der Waals surface area (Å²) in [5, 5.41) is 3.24. The molecule has 1 saturated carbocycles. The molecule has 0 bridgehead atoms. The largest absolute Gasteiger partial charge is 0.492 e. The van der Waals surface area contributed by atoms with E-state index in [-0.39, 0.29) is 17.6 Å². The fourth-order valence-electron chi connectivity index (χ4n) is 4.97. The zero-order valence-corrected chi connectivity index (χ0v) is 24.3. The minimum absolute atomic E-state index is 0.130. The van der Waals surface area contributed by atoms with Gasteiger partial charge in [-0.2, -0.15) is 0 Å². The summed E-state index contributed by atoms with van der Waals surface area (Å²) in [6.45, 7) is 1.45. The summed E-state index contributed by atoms with van der Waals surface area (Å²) < 4.78 is 11.1. The maximum atomic E-state index is 13.2. The van der Waals surface area contributed by atoms with E-state index in [0.717, 1.165) is 24.0 Å². The number of amides is 1. The molecular formula is C36H36N2O5. The van der Waals surface area contributed by atoms with E-state index in [1.54, 1.807) is 30.3 Å². The number of esters is 1. The fraction of sp³-hybridized carbons (Fsp3) is 0.250. The van der Waals surface area contributed by atoms with Crippen molar-refractivity contribution in [3.05, 3.63) is 131 Å². The molecule has 0 unspecified atom stereocenters. The van der Waals surface area contributed by atoms with Crippen molar-refractivity contribution in [1.82, 2.24) is 4.90 Å². The number of rotatable bonds is 14. The smallest absolute Gasteiger partial charge is 0.328 e. The van der Waals surface area contributed by atoms with Crippen LogP contribution in [0.5, 0.6) is 5.75 Å². The maximum absolute atomic E-state index is 13.2. The van der Waals surface area contributed by atoms with Crippen LogP contribution in [-0.4, -0.2) is 48.9 Å². The molecule has 220 valence electrons. The molecule has 43 heavy (non-hydrogen) atoms. The van der Waals surface area contributed by atoms with Gasteiger partial charge in [0.05, 0.1) is 13.7 Å². The van der Waals surface area contributed by atoms with E-state index in [0.29, 0.717) is 48.7 Å². The van der Waals surface area contributed by atoms with Gasteiger partial charge in [0.2, 0.25) is 5.91 Å². The second kappa shape index (κ2) is 14.3. The number of ether oxygens (including phenoxy) is 2. The third-order valence-electron chi connectivity index (χ3n) is 7.47. The van der Waals surface area contributed by atoms with Gasteiger partial charge in [-0.15, -0.1) is 0 Å². The van der Waals surface area contributed by atoms with E-state index in [1.807, 2.05) is 83.8 Å². The Morgan fingerprint density at radius 3 is 2.14 bits per heavy atom. The van der Waals surface area contributed by atoms with E-state index < -0.39 is 12.0 Å². The van der Waals surface area contributed by atoms with Crippen LogP contribution in [0.1, 0.15) is 39.9 Å². The molecule has 0 saturated heterocycles. The number of hydrogen-bond acceptors (Lipinski definition) is 6. The maximum Gasteiger partial charge on any atom is 0.328 e. The van der Waals surface area contributed by atoms with E-state index in [1.165, 1.54) is 7.11 Å². The van der Waals surface area contributed by atoms with Crippen LogP contribution < -0.4 is 10.1 Å². The van der Waals surface area contributed by atoms with Crippen molar-refractivity contribution in [1.29, 1.82) is 0 Å². The van der Waals surface area contributed by atoms with Crippen LogP contribution in [0.3, 0.4) is 0 Å². The Bertz CT molecular complexity index is 1520. The molecule has 0 aromatic heterocycles. The quantitative estimate of drug-likeness (QED) is 0.148. The van der Waals surface area contributed by atoms with E-state index in [2.05, 4.69) is 5.32 Å². The number of nitrogens with one attached hydrogen (secondary N) is 1. The lowest BCUT2D eigenvalue weighted by Gasteiger charge is -2.23. The number of para-hydroxylation sites is 1. The van der Waals surface area contributed by atoms with Crippen molar-refractivity contribution in [2.75, 3.05) is 25.6 Å². The number of anilines is 1. The van der Waals surface area contributed by atoms with E-state index in [9.17, 15) is 14.4 Å². The first-order valence-corrected chi connectivity index (χ1v) is 14.6. The molecular weight excluding hydrogens is 540 g/mol. The van der Waals surface area contributed by atoms with Crippen LogP contribution in [0, 0.1) is 5.92 Å². The number of nitrogens with zero attached hydrogens (tertiary/aromatic N) is 1. The molecule has 1 amide bonds. The monoisotopic (exact) mass is 576 g/mol. The zero-order valence-electron chi connectivity index (χ0n) is 24.3. The molecule has 0 heterocycles. The summed E-state index contributed by atoms with van der Waals surface area (Å²) in [5.74, 6) is 0.457. The summed E-state index contributed by atoms with van der Waals surface area (Å²) in [7, 11) is 1.35. The van der Waals surface area contributed by atoms with Gasteiger partial charge < -0.3 is 19.7 Å². The molecule has 1 N–H and O–H groups in total. The Hall–Kier alpha value is -4.91. The highest BCUT2D eigenvalue weighted by Gasteiger charge is 2.33. The topological polar surface area (TPSA) is 84.9 Å². The SMILES string of the molecule is COC(=O)[C@H](Cc1ccc(OCCN(Cc2ccccc2)C(=O)C2CC2)cc1)Nc1ccccc1C(=O)c1ccccc1. The first-order chi connectivity index (χ1) is 21.0. The third kappa shape index (κ3) is 8.10. The number of hydrogen-bond donors (Lipinski definition) is 1. The molecule has 0 spiro atoms. The van der Waals surface area contributed by atoms with E-state index in [4.69, 9.17) is 9.47 Å². The van der Waals surface area contributed by atoms with Gasteiger partial charge in [-0.05, 0) is 48.2 Å². The minimum atomic E-state index is -0.707. The molecule has 1 aliphatic rings. The van der Waals surface area contributed by atoms with Gasteiger partial charge >= 0.3 is 5.97 Å². The zero-order chi connectivity index (χ0) is 30.0. The van der Waals surface area contributed by atoms with E-state index >= 15 is 0 Å². The van der Waals surface area contributed by atoms with Crippen LogP contribution in [0.2, 0.25) is 0 Å². The van der Waals surface area contributed by atoms with Crippen molar-refractivity contribution in [2.24, 2.45) is 5.92 Å². The second-order valence-electron chi connectivity index (χ2n) is 10.7. The molecule has 7 nitrogen and oxygen atoms in total. The van der Waals surface area contributed by atoms with Gasteiger partial charge in [-0.3, -0.25) is 9.59 Å². The lowest BCUT2D eigenvalue weighted by molar-refractivity contribution is -0.141. The van der Waals surface area contributed by atoms with Crippen LogP contribution in [0.4, 0.5) is 5.69 Å². The van der Waals surface area contributed by atoms with Gasteiger partial charge in [0.1, 0.15) is 18.4 Å². The summed E-state index contributed by atoms with van der Waals surface area (Å²) >= 11 is 0. The number of carbonyl (C=O) groups excluding carboxylic acids is 3. The molecule has 1 aliphatic carbocycles. The molecule has 7 heteroatoms. The van der Waals surface area contributed by atoms with Gasteiger partial charge in [-0.1, -0.05) is 84.9 Å². The van der Waals surface area contributed by atoms with Crippen molar-refractivity contribution < 1.29 is 23.9 Å². The molecule has 0 aliphatic heterocycles. The van der Waals surface area contributed by atoms with Crippen molar-refractivity contribution in [3.63, 3.8) is 0 Å². The molecule has 5 rings (SSSR count). The average Bonchev–Trinajstić information content (AvgIpc) is 3.91. The summed E-state index contributed by atoms with van der Waals surface area (Å²) in [6.07, 6.45) is 2.27. The Balaban J connectivity index is 1.20. The highest BCUT2D eigenvalue weighted by molar-refractivity contribution is 6.12. The first-order valence-electron chi connectivity index (χ1n) is 14.6. The summed E-state index contributed by atoms with van der Waals surface area (Å²) in [6, 6.07) is 33.0. The van der Waals surface area contributed by atoms with Gasteiger partial charge in [0.25, 0.3) is 0 Å². The van der Waals surface area contributed by atoms with Gasteiger partial charge in [0, 0.05) is 35.7 Å². The van der Waals surface area contributed by atoms with Crippen LogP contribution in [0.25, 0.3) is 0 Å². The normalized spacial score (nSPS) is 13.0. The predicted molar refractivity (Wildman–Crippen MR) is 166 cm³/mol. The number of carbonyl (C=O) groups is 3. The lowest BCUT2D eigenvalue weighted by atomic mass is 10.00. The lowest BCUT2D eigenvalue weighted by Crippen LogP contribution is -2.35. The molecule has 4 aromatic carbocycles. The molecule has 1 fully saturated rings. The van der Waals surface area contributed by atoms with Gasteiger partial charge in [-0.25, -0.2) is 4.79 Å². The van der Waals surface area contributed by atoms with Crippen molar-refractivity contribution in [3.8, 4) is 5.75 Å². The highest BCUT2D eigenvalue weighted by atomic mass is 16.5. The number of benzene rings is 4. The molecule has 0 radical (unpaired) electrons. The number of ketones is 1. The number of methoxy groups -OCH3 is 1. The second-order valence-corrected chi connectivity index (χ2v) is 10.7. The van der Waals surface area contributed by atoms with Gasteiger partial charge in [0.15, 0.2) is 5.78 Å². The van der Waals surface area contributed by atoms with Crippen molar-refractivity contribution in [2.45, 2.75) is 31.8 Å². The summed E-state index contributed by atoms with van der Waals surface area (Å²) in [5.41, 5.74) is 3.61.